The lowest BCUT2D eigenvalue weighted by atomic mass is 10.1. The molecule has 0 saturated carbocycles. The van der Waals surface area contributed by atoms with Crippen molar-refractivity contribution in [1.82, 2.24) is 15.2 Å². The summed E-state index contributed by atoms with van der Waals surface area (Å²) >= 11 is 0. The van der Waals surface area contributed by atoms with E-state index < -0.39 is 0 Å². The minimum Gasteiger partial charge on any atom is -0.495 e. The SMILES string of the molecule is COc1ccc(-c2n[nH]c([C@H](N)CCc3ccccc3)n2)cc1C#N. The van der Waals surface area contributed by atoms with Gasteiger partial charge < -0.3 is 10.5 Å². The van der Waals surface area contributed by atoms with Crippen molar-refractivity contribution in [3.8, 4) is 23.2 Å². The number of rotatable bonds is 6. The second-order valence-electron chi connectivity index (χ2n) is 5.70. The Morgan fingerprint density at radius 3 is 2.76 bits per heavy atom. The van der Waals surface area contributed by atoms with Crippen molar-refractivity contribution in [2.75, 3.05) is 7.11 Å². The molecule has 6 heteroatoms. The van der Waals surface area contributed by atoms with Crippen LogP contribution in [0.1, 0.15) is 29.4 Å². The van der Waals surface area contributed by atoms with Gasteiger partial charge in [0.05, 0.1) is 18.7 Å². The first-order valence-electron chi connectivity index (χ1n) is 8.01. The number of benzene rings is 2. The number of nitrogens with one attached hydrogen (secondary N) is 1. The van der Waals surface area contributed by atoms with Gasteiger partial charge in [-0.15, -0.1) is 0 Å². The molecule has 126 valence electrons. The summed E-state index contributed by atoms with van der Waals surface area (Å²) in [5, 5.41) is 16.3. The third kappa shape index (κ3) is 3.84. The van der Waals surface area contributed by atoms with E-state index in [0.29, 0.717) is 23.0 Å². The van der Waals surface area contributed by atoms with E-state index in [0.717, 1.165) is 18.4 Å². The number of aryl methyl sites for hydroxylation is 1. The van der Waals surface area contributed by atoms with Crippen molar-refractivity contribution < 1.29 is 4.74 Å². The van der Waals surface area contributed by atoms with Crippen LogP contribution in [0.25, 0.3) is 11.4 Å². The van der Waals surface area contributed by atoms with Crippen LogP contribution in [0, 0.1) is 11.3 Å². The molecule has 3 aromatic rings. The molecule has 0 saturated heterocycles. The number of ether oxygens (including phenoxy) is 1. The number of nitrogens with two attached hydrogens (primary N) is 1. The molecule has 0 spiro atoms. The zero-order valence-electron chi connectivity index (χ0n) is 13.9. The number of methoxy groups -OCH3 is 1. The summed E-state index contributed by atoms with van der Waals surface area (Å²) in [6.07, 6.45) is 1.64. The van der Waals surface area contributed by atoms with Crippen molar-refractivity contribution in [2.24, 2.45) is 5.73 Å². The zero-order chi connectivity index (χ0) is 17.6. The molecule has 0 unspecified atom stereocenters. The van der Waals surface area contributed by atoms with E-state index in [1.165, 1.54) is 12.7 Å². The number of nitrogens with zero attached hydrogens (tertiary/aromatic N) is 3. The molecular weight excluding hydrogens is 314 g/mol. The molecule has 1 atom stereocenters. The van der Waals surface area contributed by atoms with E-state index in [1.807, 2.05) is 24.3 Å². The Morgan fingerprint density at radius 2 is 2.04 bits per heavy atom. The van der Waals surface area contributed by atoms with Crippen LogP contribution in [0.4, 0.5) is 0 Å². The fourth-order valence-electron chi connectivity index (χ4n) is 2.61. The Kier molecular flexibility index (Phi) is 5.07. The predicted molar refractivity (Wildman–Crippen MR) is 94.8 cm³/mol. The lowest BCUT2D eigenvalue weighted by Gasteiger charge is -2.07. The topological polar surface area (TPSA) is 101 Å². The van der Waals surface area contributed by atoms with Gasteiger partial charge in [0.15, 0.2) is 5.82 Å². The molecule has 0 aliphatic heterocycles. The van der Waals surface area contributed by atoms with Crippen LogP contribution >= 0.6 is 0 Å². The molecule has 1 heterocycles. The third-order valence-electron chi connectivity index (χ3n) is 4.02. The second-order valence-corrected chi connectivity index (χ2v) is 5.70. The summed E-state index contributed by atoms with van der Waals surface area (Å²) in [5.74, 6) is 1.69. The van der Waals surface area contributed by atoms with Crippen molar-refractivity contribution in [3.63, 3.8) is 0 Å². The number of nitriles is 1. The van der Waals surface area contributed by atoms with Gasteiger partial charge in [-0.3, -0.25) is 5.10 Å². The average Bonchev–Trinajstić information content (AvgIpc) is 3.16. The van der Waals surface area contributed by atoms with E-state index in [-0.39, 0.29) is 6.04 Å². The van der Waals surface area contributed by atoms with Crippen LogP contribution in [0.15, 0.2) is 48.5 Å². The van der Waals surface area contributed by atoms with Crippen molar-refractivity contribution in [3.05, 3.63) is 65.5 Å². The van der Waals surface area contributed by atoms with Gasteiger partial charge in [-0.1, -0.05) is 30.3 Å². The van der Waals surface area contributed by atoms with Gasteiger partial charge >= 0.3 is 0 Å². The molecule has 0 amide bonds. The van der Waals surface area contributed by atoms with Crippen LogP contribution < -0.4 is 10.5 Å². The average molecular weight is 333 g/mol. The number of H-pyrrole nitrogens is 1. The molecule has 1 aromatic heterocycles. The fourth-order valence-corrected chi connectivity index (χ4v) is 2.61. The summed E-state index contributed by atoms with van der Waals surface area (Å²) in [6.45, 7) is 0. The highest BCUT2D eigenvalue weighted by molar-refractivity contribution is 5.61. The predicted octanol–water partition coefficient (Wildman–Crippen LogP) is 2.98. The number of hydrogen-bond acceptors (Lipinski definition) is 5. The third-order valence-corrected chi connectivity index (χ3v) is 4.02. The summed E-state index contributed by atoms with van der Waals surface area (Å²) in [7, 11) is 1.53. The smallest absolute Gasteiger partial charge is 0.181 e. The van der Waals surface area contributed by atoms with Crippen LogP contribution in [0.3, 0.4) is 0 Å². The number of aromatic nitrogens is 3. The van der Waals surface area contributed by atoms with Crippen LogP contribution in [0.2, 0.25) is 0 Å². The Balaban J connectivity index is 1.72. The second kappa shape index (κ2) is 7.60. The van der Waals surface area contributed by atoms with Crippen LogP contribution in [0.5, 0.6) is 5.75 Å². The van der Waals surface area contributed by atoms with Crippen LogP contribution in [-0.4, -0.2) is 22.3 Å². The molecule has 2 aromatic carbocycles. The number of aromatic amines is 1. The highest BCUT2D eigenvalue weighted by Crippen LogP contribution is 2.25. The number of hydrogen-bond donors (Lipinski definition) is 2. The standard InChI is InChI=1S/C19H19N5O/c1-25-17-10-8-14(11-15(17)12-20)18-22-19(24-23-18)16(21)9-7-13-5-3-2-4-6-13/h2-6,8,10-11,16H,7,9,21H2,1H3,(H,22,23,24)/t16-/m1/s1. The van der Waals surface area contributed by atoms with Crippen molar-refractivity contribution in [2.45, 2.75) is 18.9 Å². The normalized spacial score (nSPS) is 11.7. The first-order chi connectivity index (χ1) is 12.2. The van der Waals surface area contributed by atoms with Gasteiger partial charge in [0.2, 0.25) is 0 Å². The first kappa shape index (κ1) is 16.7. The van der Waals surface area contributed by atoms with E-state index >= 15 is 0 Å². The molecule has 25 heavy (non-hydrogen) atoms. The largest absolute Gasteiger partial charge is 0.495 e. The zero-order valence-corrected chi connectivity index (χ0v) is 13.9. The maximum absolute atomic E-state index is 9.19. The van der Waals surface area contributed by atoms with Gasteiger partial charge in [0.1, 0.15) is 17.6 Å². The Labute approximate surface area is 146 Å². The van der Waals surface area contributed by atoms with Crippen molar-refractivity contribution in [1.29, 1.82) is 5.26 Å². The molecule has 0 fully saturated rings. The summed E-state index contributed by atoms with van der Waals surface area (Å²) in [5.41, 5.74) is 8.66. The summed E-state index contributed by atoms with van der Waals surface area (Å²) in [6, 6.07) is 17.3. The minimum atomic E-state index is -0.227. The highest BCUT2D eigenvalue weighted by atomic mass is 16.5. The lowest BCUT2D eigenvalue weighted by Crippen LogP contribution is -2.13. The maximum atomic E-state index is 9.19. The van der Waals surface area contributed by atoms with Crippen LogP contribution in [-0.2, 0) is 6.42 Å². The van der Waals surface area contributed by atoms with Gasteiger partial charge in [-0.25, -0.2) is 4.98 Å². The molecule has 3 N–H and O–H groups in total. The highest BCUT2D eigenvalue weighted by Gasteiger charge is 2.14. The van der Waals surface area contributed by atoms with E-state index in [2.05, 4.69) is 33.4 Å². The van der Waals surface area contributed by atoms with Gasteiger partial charge in [-0.05, 0) is 36.6 Å². The fraction of sp³-hybridized carbons (Fsp3) is 0.211. The molecule has 0 bridgehead atoms. The van der Waals surface area contributed by atoms with Gasteiger partial charge in [0, 0.05) is 5.56 Å². The summed E-state index contributed by atoms with van der Waals surface area (Å²) < 4.78 is 5.15. The maximum Gasteiger partial charge on any atom is 0.181 e. The quantitative estimate of drug-likeness (QED) is 0.722. The molecular formula is C19H19N5O. The first-order valence-corrected chi connectivity index (χ1v) is 8.01. The summed E-state index contributed by atoms with van der Waals surface area (Å²) in [4.78, 5) is 4.48. The lowest BCUT2D eigenvalue weighted by molar-refractivity contribution is 0.413. The molecule has 3 rings (SSSR count). The molecule has 0 aliphatic rings. The Hall–Kier alpha value is -3.17. The van der Waals surface area contributed by atoms with Gasteiger partial charge in [-0.2, -0.15) is 10.4 Å². The van der Waals surface area contributed by atoms with E-state index in [9.17, 15) is 5.26 Å². The Bertz CT molecular complexity index is 882. The Morgan fingerprint density at radius 1 is 1.24 bits per heavy atom. The molecule has 0 radical (unpaired) electrons. The van der Waals surface area contributed by atoms with E-state index in [4.69, 9.17) is 10.5 Å². The molecule has 6 nitrogen and oxygen atoms in total. The van der Waals surface area contributed by atoms with Crippen molar-refractivity contribution >= 4 is 0 Å². The molecule has 0 aliphatic carbocycles. The monoisotopic (exact) mass is 333 g/mol. The minimum absolute atomic E-state index is 0.227. The van der Waals surface area contributed by atoms with E-state index in [1.54, 1.807) is 12.1 Å². The van der Waals surface area contributed by atoms with Gasteiger partial charge in [0.25, 0.3) is 0 Å².